The van der Waals surface area contributed by atoms with Gasteiger partial charge in [0.1, 0.15) is 11.0 Å². The van der Waals surface area contributed by atoms with Crippen molar-refractivity contribution in [3.63, 3.8) is 0 Å². The van der Waals surface area contributed by atoms with Gasteiger partial charge in [-0.15, -0.1) is 4.40 Å². The second-order valence-electron chi connectivity index (χ2n) is 6.47. The lowest BCUT2D eigenvalue weighted by Gasteiger charge is -2.13. The van der Waals surface area contributed by atoms with Crippen LogP contribution >= 0.6 is 23.4 Å². The number of halogens is 1. The highest BCUT2D eigenvalue weighted by atomic mass is 35.5. The molecule has 2 amide bonds. The number of methoxy groups -OCH3 is 1. The van der Waals surface area contributed by atoms with Gasteiger partial charge in [-0.1, -0.05) is 23.4 Å². The molecule has 0 bridgehead atoms. The fourth-order valence-electron chi connectivity index (χ4n) is 2.82. The van der Waals surface area contributed by atoms with Crippen molar-refractivity contribution in [2.75, 3.05) is 19.0 Å². The molecule has 1 atom stereocenters. The second-order valence-corrected chi connectivity index (χ2v) is 9.68. The maximum Gasteiger partial charge on any atom is 0.284 e. The molecule has 0 aromatic heterocycles. The molecule has 1 N–H and O–H groups in total. The van der Waals surface area contributed by atoms with Crippen LogP contribution in [0.4, 0.5) is 5.69 Å². The number of hydrogen-bond acceptors (Lipinski definition) is 6. The van der Waals surface area contributed by atoms with Crippen molar-refractivity contribution in [1.29, 1.82) is 0 Å². The van der Waals surface area contributed by atoms with Gasteiger partial charge in [-0.25, -0.2) is 0 Å². The van der Waals surface area contributed by atoms with E-state index in [4.69, 9.17) is 16.3 Å². The van der Waals surface area contributed by atoms with Crippen molar-refractivity contribution < 1.29 is 22.7 Å². The first kappa shape index (κ1) is 23.1. The quantitative estimate of drug-likeness (QED) is 0.649. The molecule has 1 aliphatic rings. The lowest BCUT2D eigenvalue weighted by atomic mass is 10.2. The Kier molecular flexibility index (Phi) is 7.24. The molecular weight excluding hydrogens is 462 g/mol. The van der Waals surface area contributed by atoms with Gasteiger partial charge in [0, 0.05) is 23.7 Å². The molecule has 1 saturated heterocycles. The highest BCUT2D eigenvalue weighted by Gasteiger charge is 2.39. The maximum absolute atomic E-state index is 12.7. The van der Waals surface area contributed by atoms with E-state index >= 15 is 0 Å². The van der Waals surface area contributed by atoms with E-state index in [9.17, 15) is 18.0 Å². The number of rotatable bonds is 7. The largest absolute Gasteiger partial charge is 0.497 e. The Morgan fingerprint density at radius 1 is 1.19 bits per heavy atom. The van der Waals surface area contributed by atoms with Gasteiger partial charge in [0.15, 0.2) is 5.17 Å². The summed E-state index contributed by atoms with van der Waals surface area (Å²) in [6, 6.07) is 12.4. The van der Waals surface area contributed by atoms with Crippen LogP contribution in [0.3, 0.4) is 0 Å². The zero-order valence-electron chi connectivity index (χ0n) is 16.7. The molecule has 1 fully saturated rings. The summed E-state index contributed by atoms with van der Waals surface area (Å²) < 4.78 is 34.2. The minimum Gasteiger partial charge on any atom is -0.497 e. The van der Waals surface area contributed by atoms with Crippen LogP contribution in [0.1, 0.15) is 13.3 Å². The van der Waals surface area contributed by atoms with E-state index in [-0.39, 0.29) is 34.8 Å². The Morgan fingerprint density at radius 2 is 1.84 bits per heavy atom. The molecule has 8 nitrogen and oxygen atoms in total. The number of thioether (sulfide) groups is 1. The van der Waals surface area contributed by atoms with Gasteiger partial charge in [-0.2, -0.15) is 8.42 Å². The molecule has 1 heterocycles. The number of benzene rings is 2. The number of sulfonamides is 1. The van der Waals surface area contributed by atoms with Gasteiger partial charge >= 0.3 is 0 Å². The minimum absolute atomic E-state index is 0.0331. The molecule has 11 heteroatoms. The van der Waals surface area contributed by atoms with Gasteiger partial charge < -0.3 is 10.1 Å². The summed E-state index contributed by atoms with van der Waals surface area (Å²) in [5, 5.41) is 2.40. The number of amides is 2. The lowest BCUT2D eigenvalue weighted by Crippen LogP contribution is -2.33. The first-order valence-corrected chi connectivity index (χ1v) is 12.0. The van der Waals surface area contributed by atoms with E-state index in [1.54, 1.807) is 38.3 Å². The molecule has 31 heavy (non-hydrogen) atoms. The van der Waals surface area contributed by atoms with E-state index < -0.39 is 15.3 Å². The smallest absolute Gasteiger partial charge is 0.284 e. The Hall–Kier alpha value is -2.56. The van der Waals surface area contributed by atoms with Crippen molar-refractivity contribution in [3.8, 4) is 5.75 Å². The summed E-state index contributed by atoms with van der Waals surface area (Å²) in [7, 11) is -2.49. The average molecular weight is 482 g/mol. The molecule has 1 unspecified atom stereocenters. The third-order valence-corrected chi connectivity index (χ3v) is 7.21. The third kappa shape index (κ3) is 5.57. The molecule has 2 aromatic carbocycles. The maximum atomic E-state index is 12.7. The van der Waals surface area contributed by atoms with E-state index in [2.05, 4.69) is 9.71 Å². The normalized spacial score (nSPS) is 17.8. The van der Waals surface area contributed by atoms with E-state index in [0.717, 1.165) is 11.8 Å². The summed E-state index contributed by atoms with van der Waals surface area (Å²) >= 11 is 6.77. The van der Waals surface area contributed by atoms with Crippen LogP contribution in [-0.2, 0) is 19.6 Å². The number of carbonyl (C=O) groups is 2. The molecule has 2 aromatic rings. The van der Waals surface area contributed by atoms with Crippen molar-refractivity contribution in [2.24, 2.45) is 4.40 Å². The zero-order chi connectivity index (χ0) is 22.6. The number of anilines is 1. The van der Waals surface area contributed by atoms with Crippen LogP contribution in [0.2, 0.25) is 5.02 Å². The standard InChI is InChI=1S/C20H20ClN3O5S2/c1-3-24-19(26)17(12-18(25)22-14-6-8-15(29-2)9-7-14)30-20(24)23-31(27,28)16-10-4-13(21)5-11-16/h4-11,17H,3,12H2,1-2H3,(H,22,25)/b23-20+. The summed E-state index contributed by atoms with van der Waals surface area (Å²) in [4.78, 5) is 26.3. The Labute approximate surface area is 189 Å². The van der Waals surface area contributed by atoms with Gasteiger partial charge in [-0.3, -0.25) is 14.5 Å². The van der Waals surface area contributed by atoms with E-state index in [1.165, 1.54) is 29.2 Å². The Balaban J connectivity index is 1.73. The average Bonchev–Trinajstić information content (AvgIpc) is 3.02. The number of ether oxygens (including phenoxy) is 1. The number of hydrogen-bond donors (Lipinski definition) is 1. The zero-order valence-corrected chi connectivity index (χ0v) is 19.1. The minimum atomic E-state index is -4.03. The van der Waals surface area contributed by atoms with Crippen LogP contribution < -0.4 is 10.1 Å². The van der Waals surface area contributed by atoms with Crippen molar-refractivity contribution in [3.05, 3.63) is 53.6 Å². The molecule has 0 saturated carbocycles. The highest BCUT2D eigenvalue weighted by Crippen LogP contribution is 2.31. The molecule has 0 spiro atoms. The summed E-state index contributed by atoms with van der Waals surface area (Å²) in [5.74, 6) is -0.0721. The van der Waals surface area contributed by atoms with Gasteiger partial charge in [0.2, 0.25) is 11.8 Å². The number of amidine groups is 1. The van der Waals surface area contributed by atoms with E-state index in [1.807, 2.05) is 0 Å². The molecule has 164 valence electrons. The second kappa shape index (κ2) is 9.71. The van der Waals surface area contributed by atoms with Crippen LogP contribution in [0, 0.1) is 0 Å². The molecular formula is C20H20ClN3O5S2. The summed E-state index contributed by atoms with van der Waals surface area (Å²) in [6.45, 7) is 1.94. The Morgan fingerprint density at radius 3 is 2.42 bits per heavy atom. The van der Waals surface area contributed by atoms with Crippen molar-refractivity contribution in [1.82, 2.24) is 4.90 Å². The van der Waals surface area contributed by atoms with Crippen LogP contribution in [-0.4, -0.2) is 49.2 Å². The van der Waals surface area contributed by atoms with Crippen LogP contribution in [0.5, 0.6) is 5.75 Å². The predicted molar refractivity (Wildman–Crippen MR) is 121 cm³/mol. The molecule has 3 rings (SSSR count). The van der Waals surface area contributed by atoms with Crippen LogP contribution in [0.15, 0.2) is 57.8 Å². The Bertz CT molecular complexity index is 1100. The topological polar surface area (TPSA) is 105 Å². The van der Waals surface area contributed by atoms with Crippen LogP contribution in [0.25, 0.3) is 0 Å². The van der Waals surface area contributed by atoms with Crippen molar-refractivity contribution >= 4 is 56.1 Å². The fourth-order valence-corrected chi connectivity index (χ4v) is 5.36. The first-order valence-electron chi connectivity index (χ1n) is 9.26. The molecule has 1 aliphatic heterocycles. The number of carbonyl (C=O) groups excluding carboxylic acids is 2. The SMILES string of the molecule is CCN1C(=O)C(CC(=O)Nc2ccc(OC)cc2)S/C1=N/S(=O)(=O)c1ccc(Cl)cc1. The lowest BCUT2D eigenvalue weighted by molar-refractivity contribution is -0.128. The molecule has 0 radical (unpaired) electrons. The molecule has 0 aliphatic carbocycles. The van der Waals surface area contributed by atoms with Gasteiger partial charge in [-0.05, 0) is 55.5 Å². The number of nitrogens with zero attached hydrogens (tertiary/aromatic N) is 2. The third-order valence-electron chi connectivity index (χ3n) is 4.39. The first-order chi connectivity index (χ1) is 14.7. The van der Waals surface area contributed by atoms with Gasteiger partial charge in [0.25, 0.3) is 10.0 Å². The monoisotopic (exact) mass is 481 g/mol. The summed E-state index contributed by atoms with van der Waals surface area (Å²) in [5.41, 5.74) is 0.563. The van der Waals surface area contributed by atoms with Crippen molar-refractivity contribution in [2.45, 2.75) is 23.5 Å². The fraction of sp³-hybridized carbons (Fsp3) is 0.250. The number of nitrogens with one attached hydrogen (secondary N) is 1. The predicted octanol–water partition coefficient (Wildman–Crippen LogP) is 3.39. The van der Waals surface area contributed by atoms with E-state index in [0.29, 0.717) is 16.5 Å². The summed E-state index contributed by atoms with van der Waals surface area (Å²) in [6.07, 6.45) is -0.119. The van der Waals surface area contributed by atoms with Gasteiger partial charge in [0.05, 0.1) is 12.0 Å². The highest BCUT2D eigenvalue weighted by molar-refractivity contribution is 8.16.